The number of hydrogen-bond donors (Lipinski definition) is 0. The highest BCUT2D eigenvalue weighted by molar-refractivity contribution is 5.80. The van der Waals surface area contributed by atoms with Crippen LogP contribution in [0, 0.1) is 0 Å². The predicted octanol–water partition coefficient (Wildman–Crippen LogP) is 3.62. The number of Topliss-reactive ketones (excluding diaryl/α,β-unsaturated/α-hetero) is 1. The maximum absolute atomic E-state index is 12.2. The second kappa shape index (κ2) is 5.59. The minimum atomic E-state index is -5.09. The fourth-order valence-corrected chi connectivity index (χ4v) is 1.41. The Morgan fingerprint density at radius 3 is 1.70 bits per heavy atom. The lowest BCUT2D eigenvalue weighted by molar-refractivity contribution is -0.277. The highest BCUT2D eigenvalue weighted by Crippen LogP contribution is 2.35. The Morgan fingerprint density at radius 2 is 1.40 bits per heavy atom. The van der Waals surface area contributed by atoms with Crippen LogP contribution in [0.1, 0.15) is 12.5 Å². The van der Waals surface area contributed by atoms with Crippen LogP contribution in [0.15, 0.2) is 18.2 Å². The third-order valence-electron chi connectivity index (χ3n) is 1.97. The molecule has 1 rings (SSSR count). The van der Waals surface area contributed by atoms with Gasteiger partial charge in [-0.2, -0.15) is 0 Å². The second-order valence-corrected chi connectivity index (χ2v) is 3.71. The zero-order valence-corrected chi connectivity index (χ0v) is 9.93. The normalized spacial score (nSPS) is 12.2. The van der Waals surface area contributed by atoms with Crippen molar-refractivity contribution in [2.45, 2.75) is 26.1 Å². The second-order valence-electron chi connectivity index (χ2n) is 3.71. The van der Waals surface area contributed by atoms with E-state index in [2.05, 4.69) is 9.47 Å². The minimum Gasteiger partial charge on any atom is -0.405 e. The van der Waals surface area contributed by atoms with Crippen LogP contribution in [0.5, 0.6) is 11.5 Å². The highest BCUT2D eigenvalue weighted by atomic mass is 19.4. The molecule has 0 saturated carbocycles. The van der Waals surface area contributed by atoms with Crippen LogP contribution in [0.2, 0.25) is 0 Å². The number of halogens is 6. The molecule has 0 unspecified atom stereocenters. The first-order valence-electron chi connectivity index (χ1n) is 5.11. The molecule has 0 aliphatic carbocycles. The van der Waals surface area contributed by atoms with Gasteiger partial charge in [-0.1, -0.05) is 6.07 Å². The summed E-state index contributed by atoms with van der Waals surface area (Å²) in [6.45, 7) is 1.02. The smallest absolute Gasteiger partial charge is 0.405 e. The van der Waals surface area contributed by atoms with Crippen molar-refractivity contribution in [1.29, 1.82) is 0 Å². The van der Waals surface area contributed by atoms with Gasteiger partial charge in [0.1, 0.15) is 17.3 Å². The summed E-state index contributed by atoms with van der Waals surface area (Å²) in [5, 5.41) is 0. The van der Waals surface area contributed by atoms with Gasteiger partial charge in [-0.05, 0) is 19.1 Å². The van der Waals surface area contributed by atoms with Crippen molar-refractivity contribution in [3.05, 3.63) is 23.8 Å². The zero-order valence-electron chi connectivity index (χ0n) is 9.93. The van der Waals surface area contributed by atoms with Gasteiger partial charge in [0, 0.05) is 12.0 Å². The SMILES string of the molecule is CC(=O)Cc1c(OC(F)(F)F)cccc1OC(F)(F)F. The fourth-order valence-electron chi connectivity index (χ4n) is 1.41. The van der Waals surface area contributed by atoms with Gasteiger partial charge in [0.05, 0.1) is 0 Å². The topological polar surface area (TPSA) is 35.5 Å². The van der Waals surface area contributed by atoms with Crippen molar-refractivity contribution >= 4 is 5.78 Å². The lowest BCUT2D eigenvalue weighted by Crippen LogP contribution is -2.21. The van der Waals surface area contributed by atoms with Gasteiger partial charge in [0.25, 0.3) is 0 Å². The summed E-state index contributed by atoms with van der Waals surface area (Å²) in [6.07, 6.45) is -10.9. The highest BCUT2D eigenvalue weighted by Gasteiger charge is 2.35. The van der Waals surface area contributed by atoms with Gasteiger partial charge >= 0.3 is 12.7 Å². The van der Waals surface area contributed by atoms with Crippen LogP contribution in [0.3, 0.4) is 0 Å². The molecular formula is C11H8F6O3. The summed E-state index contributed by atoms with van der Waals surface area (Å²) in [5.74, 6) is -2.46. The third-order valence-corrected chi connectivity index (χ3v) is 1.97. The maximum atomic E-state index is 12.2. The zero-order chi connectivity index (χ0) is 15.6. The number of ether oxygens (including phenoxy) is 2. The van der Waals surface area contributed by atoms with E-state index < -0.39 is 42.0 Å². The number of benzene rings is 1. The van der Waals surface area contributed by atoms with E-state index in [4.69, 9.17) is 0 Å². The molecule has 20 heavy (non-hydrogen) atoms. The van der Waals surface area contributed by atoms with E-state index in [1.54, 1.807) is 0 Å². The predicted molar refractivity (Wildman–Crippen MR) is 54.2 cm³/mol. The monoisotopic (exact) mass is 302 g/mol. The molecule has 1 aromatic rings. The van der Waals surface area contributed by atoms with Crippen LogP contribution in [0.25, 0.3) is 0 Å². The molecule has 0 radical (unpaired) electrons. The first-order valence-corrected chi connectivity index (χ1v) is 5.11. The number of carbonyl (C=O) groups excluding carboxylic acids is 1. The maximum Gasteiger partial charge on any atom is 0.573 e. The Labute approximate surface area is 109 Å². The van der Waals surface area contributed by atoms with Crippen LogP contribution < -0.4 is 9.47 Å². The lowest BCUT2D eigenvalue weighted by atomic mass is 10.1. The molecule has 0 fully saturated rings. The summed E-state index contributed by atoms with van der Waals surface area (Å²) in [6, 6.07) is 2.50. The summed E-state index contributed by atoms with van der Waals surface area (Å²) in [5.41, 5.74) is -0.616. The molecule has 0 amide bonds. The van der Waals surface area contributed by atoms with E-state index in [1.807, 2.05) is 0 Å². The lowest BCUT2D eigenvalue weighted by Gasteiger charge is -2.17. The number of ketones is 1. The molecule has 0 aromatic heterocycles. The average molecular weight is 302 g/mol. The van der Waals surface area contributed by atoms with Crippen molar-refractivity contribution < 1.29 is 40.6 Å². The minimum absolute atomic E-state index is 0.616. The van der Waals surface area contributed by atoms with Crippen LogP contribution in [-0.2, 0) is 11.2 Å². The van der Waals surface area contributed by atoms with E-state index in [-0.39, 0.29) is 0 Å². The van der Waals surface area contributed by atoms with Crippen molar-refractivity contribution in [2.24, 2.45) is 0 Å². The Hall–Kier alpha value is -1.93. The van der Waals surface area contributed by atoms with E-state index in [1.165, 1.54) is 0 Å². The largest absolute Gasteiger partial charge is 0.573 e. The standard InChI is InChI=1S/C11H8F6O3/c1-6(18)5-7-8(19-10(12,13)14)3-2-4-9(7)20-11(15,16)17/h2-4H,5H2,1H3. The number of hydrogen-bond acceptors (Lipinski definition) is 3. The number of rotatable bonds is 4. The molecular weight excluding hydrogens is 294 g/mol. The molecule has 1 aromatic carbocycles. The first kappa shape index (κ1) is 16.1. The van der Waals surface area contributed by atoms with Gasteiger partial charge in [-0.3, -0.25) is 4.79 Å². The van der Waals surface area contributed by atoms with E-state index in [9.17, 15) is 31.1 Å². The first-order chi connectivity index (χ1) is 8.98. The molecule has 112 valence electrons. The molecule has 0 heterocycles. The quantitative estimate of drug-likeness (QED) is 0.797. The Morgan fingerprint density at radius 1 is 1.00 bits per heavy atom. The Balaban J connectivity index is 3.23. The van der Waals surface area contributed by atoms with Crippen LogP contribution in [-0.4, -0.2) is 18.5 Å². The summed E-state index contributed by atoms with van der Waals surface area (Å²) < 4.78 is 80.1. The van der Waals surface area contributed by atoms with Crippen molar-refractivity contribution in [2.75, 3.05) is 0 Å². The van der Waals surface area contributed by atoms with Gasteiger partial charge < -0.3 is 9.47 Å². The molecule has 0 saturated heterocycles. The summed E-state index contributed by atoms with van der Waals surface area (Å²) in [4.78, 5) is 11.0. The van der Waals surface area contributed by atoms with Crippen molar-refractivity contribution in [3.63, 3.8) is 0 Å². The van der Waals surface area contributed by atoms with E-state index in [0.717, 1.165) is 25.1 Å². The van der Waals surface area contributed by atoms with Gasteiger partial charge in [-0.15, -0.1) is 26.3 Å². The van der Waals surface area contributed by atoms with Crippen molar-refractivity contribution in [1.82, 2.24) is 0 Å². The van der Waals surface area contributed by atoms with E-state index >= 15 is 0 Å². The van der Waals surface area contributed by atoms with Crippen LogP contribution in [0.4, 0.5) is 26.3 Å². The van der Waals surface area contributed by atoms with Gasteiger partial charge in [0.2, 0.25) is 0 Å². The third kappa shape index (κ3) is 5.37. The summed E-state index contributed by atoms with van der Waals surface area (Å²) >= 11 is 0. The fraction of sp³-hybridized carbons (Fsp3) is 0.364. The van der Waals surface area contributed by atoms with Crippen LogP contribution >= 0.6 is 0 Å². The van der Waals surface area contributed by atoms with Gasteiger partial charge in [0.15, 0.2) is 0 Å². The number of carbonyl (C=O) groups is 1. The molecule has 0 N–H and O–H groups in total. The molecule has 3 nitrogen and oxygen atoms in total. The summed E-state index contributed by atoms with van der Waals surface area (Å²) in [7, 11) is 0. The molecule has 0 spiro atoms. The molecule has 0 aliphatic rings. The molecule has 0 atom stereocenters. The molecule has 0 aliphatic heterocycles. The Bertz CT molecular complexity index is 458. The van der Waals surface area contributed by atoms with E-state index in [0.29, 0.717) is 0 Å². The van der Waals surface area contributed by atoms with Crippen molar-refractivity contribution in [3.8, 4) is 11.5 Å². The Kier molecular flexibility index (Phi) is 4.51. The van der Waals surface area contributed by atoms with Gasteiger partial charge in [-0.25, -0.2) is 0 Å². The number of alkyl halides is 6. The molecule has 9 heteroatoms. The molecule has 0 bridgehead atoms. The average Bonchev–Trinajstić information content (AvgIpc) is 2.18.